The Kier molecular flexibility index (Phi) is 3.84. The molecule has 2 aromatic rings. The predicted molar refractivity (Wildman–Crippen MR) is 72.0 cm³/mol. The van der Waals surface area contributed by atoms with Crippen LogP contribution in [0.4, 0.5) is 5.82 Å². The molecule has 18 heavy (non-hydrogen) atoms. The van der Waals surface area contributed by atoms with Gasteiger partial charge >= 0.3 is 0 Å². The summed E-state index contributed by atoms with van der Waals surface area (Å²) in [5.41, 5.74) is 0. The topological polar surface area (TPSA) is 72.0 Å². The van der Waals surface area contributed by atoms with Gasteiger partial charge in [-0.25, -0.2) is 8.42 Å². The lowest BCUT2D eigenvalue weighted by Crippen LogP contribution is -2.14. The zero-order valence-electron chi connectivity index (χ0n) is 8.84. The minimum Gasteiger partial charge on any atom is -0.262 e. The summed E-state index contributed by atoms with van der Waals surface area (Å²) in [6.45, 7) is 0. The average molecular weight is 349 g/mol. The van der Waals surface area contributed by atoms with Crippen molar-refractivity contribution >= 4 is 43.4 Å². The molecule has 1 aromatic carbocycles. The van der Waals surface area contributed by atoms with Crippen LogP contribution in [0.3, 0.4) is 0 Å². The second-order valence-electron chi connectivity index (χ2n) is 3.30. The molecule has 0 atom stereocenters. The molecule has 8 heteroatoms. The second-order valence-corrected chi connectivity index (χ2v) is 6.29. The van der Waals surface area contributed by atoms with Crippen LogP contribution in [0.15, 0.2) is 45.8 Å². The minimum atomic E-state index is -3.66. The van der Waals surface area contributed by atoms with E-state index in [2.05, 4.69) is 30.8 Å². The van der Waals surface area contributed by atoms with Gasteiger partial charge in [0.1, 0.15) is 0 Å². The van der Waals surface area contributed by atoms with Crippen molar-refractivity contribution in [2.75, 3.05) is 4.72 Å². The quantitative estimate of drug-likeness (QED) is 0.925. The van der Waals surface area contributed by atoms with Crippen LogP contribution in [0.2, 0.25) is 5.15 Å². The lowest BCUT2D eigenvalue weighted by atomic mass is 10.4. The molecule has 2 rings (SSSR count). The minimum absolute atomic E-state index is 0.113. The highest BCUT2D eigenvalue weighted by Crippen LogP contribution is 2.17. The van der Waals surface area contributed by atoms with E-state index in [9.17, 15) is 8.42 Å². The Morgan fingerprint density at radius 3 is 2.28 bits per heavy atom. The van der Waals surface area contributed by atoms with Crippen molar-refractivity contribution < 1.29 is 8.42 Å². The summed E-state index contributed by atoms with van der Waals surface area (Å²) in [6, 6.07) is 9.13. The molecular weight excluding hydrogens is 342 g/mol. The number of rotatable bonds is 3. The third kappa shape index (κ3) is 3.18. The Labute approximate surface area is 117 Å². The number of hydrogen-bond donors (Lipinski definition) is 1. The average Bonchev–Trinajstić information content (AvgIpc) is 2.32. The summed E-state index contributed by atoms with van der Waals surface area (Å²) >= 11 is 8.80. The van der Waals surface area contributed by atoms with Crippen molar-refractivity contribution in [3.63, 3.8) is 0 Å². The first kappa shape index (κ1) is 13.3. The normalized spacial score (nSPS) is 11.2. The fourth-order valence-electron chi connectivity index (χ4n) is 1.18. The number of nitrogens with one attached hydrogen (secondary N) is 1. The monoisotopic (exact) mass is 347 g/mol. The maximum Gasteiger partial charge on any atom is 0.263 e. The number of benzene rings is 1. The van der Waals surface area contributed by atoms with Crippen LogP contribution in [-0.2, 0) is 10.0 Å². The highest BCUT2D eigenvalue weighted by molar-refractivity contribution is 9.10. The number of sulfonamides is 1. The molecule has 0 aliphatic rings. The number of anilines is 1. The van der Waals surface area contributed by atoms with Crippen molar-refractivity contribution in [2.24, 2.45) is 0 Å². The van der Waals surface area contributed by atoms with E-state index < -0.39 is 10.0 Å². The molecule has 0 spiro atoms. The SMILES string of the molecule is O=S(=O)(Nc1ccc(Cl)nn1)c1ccc(Br)cc1. The number of aromatic nitrogens is 2. The molecule has 0 saturated heterocycles. The van der Waals surface area contributed by atoms with Gasteiger partial charge < -0.3 is 0 Å². The van der Waals surface area contributed by atoms with Crippen molar-refractivity contribution in [1.29, 1.82) is 0 Å². The van der Waals surface area contributed by atoms with Gasteiger partial charge in [-0.15, -0.1) is 10.2 Å². The molecule has 0 saturated carbocycles. The Hall–Kier alpha value is -1.18. The summed E-state index contributed by atoms with van der Waals surface area (Å²) in [7, 11) is -3.66. The van der Waals surface area contributed by atoms with Gasteiger partial charge in [-0.3, -0.25) is 4.72 Å². The van der Waals surface area contributed by atoms with Crippen LogP contribution in [-0.4, -0.2) is 18.6 Å². The maximum atomic E-state index is 12.0. The van der Waals surface area contributed by atoms with Gasteiger partial charge in [-0.2, -0.15) is 0 Å². The summed E-state index contributed by atoms with van der Waals surface area (Å²) < 4.78 is 27.0. The zero-order valence-corrected chi connectivity index (χ0v) is 12.0. The van der Waals surface area contributed by atoms with Crippen LogP contribution in [0.25, 0.3) is 0 Å². The van der Waals surface area contributed by atoms with Gasteiger partial charge in [0.15, 0.2) is 11.0 Å². The van der Waals surface area contributed by atoms with Crippen molar-refractivity contribution in [1.82, 2.24) is 10.2 Å². The molecule has 94 valence electrons. The van der Waals surface area contributed by atoms with Crippen LogP contribution in [0, 0.1) is 0 Å². The van der Waals surface area contributed by atoms with E-state index in [1.165, 1.54) is 24.3 Å². The molecule has 0 aliphatic heterocycles. The zero-order chi connectivity index (χ0) is 13.2. The van der Waals surface area contributed by atoms with E-state index in [1.807, 2.05) is 0 Å². The standard InChI is InChI=1S/C10H7BrClN3O2S/c11-7-1-3-8(4-2-7)18(16,17)15-10-6-5-9(12)13-14-10/h1-6H,(H,14,15). The molecule has 0 unspecified atom stereocenters. The number of hydrogen-bond acceptors (Lipinski definition) is 4. The van der Waals surface area contributed by atoms with Crippen LogP contribution in [0.5, 0.6) is 0 Å². The highest BCUT2D eigenvalue weighted by Gasteiger charge is 2.14. The molecule has 1 heterocycles. The lowest BCUT2D eigenvalue weighted by Gasteiger charge is -2.06. The molecule has 0 bridgehead atoms. The van der Waals surface area contributed by atoms with Gasteiger partial charge in [0.25, 0.3) is 10.0 Å². The third-order valence-electron chi connectivity index (χ3n) is 1.99. The van der Waals surface area contributed by atoms with Crippen molar-refractivity contribution in [2.45, 2.75) is 4.90 Å². The fraction of sp³-hybridized carbons (Fsp3) is 0. The first-order chi connectivity index (χ1) is 8.47. The second kappa shape index (κ2) is 5.21. The van der Waals surface area contributed by atoms with Crippen molar-refractivity contribution in [3.05, 3.63) is 46.0 Å². The Bertz CT molecular complexity index is 644. The summed E-state index contributed by atoms with van der Waals surface area (Å²) in [5, 5.41) is 7.37. The Balaban J connectivity index is 2.27. The molecule has 0 aliphatic carbocycles. The van der Waals surface area contributed by atoms with Gasteiger partial charge in [0, 0.05) is 4.47 Å². The van der Waals surface area contributed by atoms with Gasteiger partial charge in [-0.05, 0) is 36.4 Å². The summed E-state index contributed by atoms with van der Waals surface area (Å²) in [6.07, 6.45) is 0. The molecule has 0 radical (unpaired) electrons. The van der Waals surface area contributed by atoms with Crippen LogP contribution in [0.1, 0.15) is 0 Å². The molecular formula is C10H7BrClN3O2S. The van der Waals surface area contributed by atoms with E-state index in [0.29, 0.717) is 0 Å². The fourth-order valence-corrected chi connectivity index (χ4v) is 2.54. The highest BCUT2D eigenvalue weighted by atomic mass is 79.9. The first-order valence-electron chi connectivity index (χ1n) is 4.75. The summed E-state index contributed by atoms with van der Waals surface area (Å²) in [5.74, 6) is 0.113. The van der Waals surface area contributed by atoms with E-state index >= 15 is 0 Å². The smallest absolute Gasteiger partial charge is 0.262 e. The van der Waals surface area contributed by atoms with E-state index in [4.69, 9.17) is 11.6 Å². The largest absolute Gasteiger partial charge is 0.263 e. The van der Waals surface area contributed by atoms with E-state index in [1.54, 1.807) is 12.1 Å². The molecule has 5 nitrogen and oxygen atoms in total. The van der Waals surface area contributed by atoms with Gasteiger partial charge in [0.2, 0.25) is 0 Å². The first-order valence-corrected chi connectivity index (χ1v) is 7.40. The predicted octanol–water partition coefficient (Wildman–Crippen LogP) is 2.69. The van der Waals surface area contributed by atoms with E-state index in [0.717, 1.165) is 4.47 Å². The molecule has 0 fully saturated rings. The van der Waals surface area contributed by atoms with Gasteiger partial charge in [-0.1, -0.05) is 27.5 Å². The molecule has 1 N–H and O–H groups in total. The Morgan fingerprint density at radius 1 is 1.06 bits per heavy atom. The van der Waals surface area contributed by atoms with Crippen molar-refractivity contribution in [3.8, 4) is 0 Å². The lowest BCUT2D eigenvalue weighted by molar-refractivity contribution is 0.601. The van der Waals surface area contributed by atoms with Crippen LogP contribution < -0.4 is 4.72 Å². The molecule has 1 aromatic heterocycles. The Morgan fingerprint density at radius 2 is 1.72 bits per heavy atom. The number of nitrogens with zero attached hydrogens (tertiary/aromatic N) is 2. The van der Waals surface area contributed by atoms with E-state index in [-0.39, 0.29) is 15.9 Å². The summed E-state index contributed by atoms with van der Waals surface area (Å²) in [4.78, 5) is 0.141. The van der Waals surface area contributed by atoms with Gasteiger partial charge in [0.05, 0.1) is 4.90 Å². The molecule has 0 amide bonds. The maximum absolute atomic E-state index is 12.0. The number of halogens is 2. The third-order valence-corrected chi connectivity index (χ3v) is 4.10. The van der Waals surface area contributed by atoms with Crippen LogP contribution >= 0.6 is 27.5 Å².